The molecule has 0 rings (SSSR count). The van der Waals surface area contributed by atoms with E-state index in [1.165, 1.54) is 0 Å². The molecule has 0 bridgehead atoms. The summed E-state index contributed by atoms with van der Waals surface area (Å²) in [6.45, 7) is 8.37. The van der Waals surface area contributed by atoms with Crippen molar-refractivity contribution in [3.63, 3.8) is 0 Å². The zero-order valence-electron chi connectivity index (χ0n) is 6.89. The Hall–Kier alpha value is -0.720. The van der Waals surface area contributed by atoms with Crippen LogP contribution in [0.5, 0.6) is 0 Å². The molecule has 1 heteroatoms. The van der Waals surface area contributed by atoms with Crippen LogP contribution in [0.3, 0.4) is 0 Å². The van der Waals surface area contributed by atoms with Crippen LogP contribution in [0.2, 0.25) is 0 Å². The molecule has 0 aliphatic rings. The van der Waals surface area contributed by atoms with Crippen LogP contribution in [0.1, 0.15) is 26.7 Å². The first-order valence-corrected chi connectivity index (χ1v) is 3.70. The predicted octanol–water partition coefficient (Wildman–Crippen LogP) is 2.89. The largest absolute Gasteiger partial charge is 0.499 e. The van der Waals surface area contributed by atoms with Crippen LogP contribution in [-0.2, 0) is 4.74 Å². The highest BCUT2D eigenvalue weighted by atomic mass is 16.5. The summed E-state index contributed by atoms with van der Waals surface area (Å²) in [4.78, 5) is 0. The molecule has 10 heavy (non-hydrogen) atoms. The van der Waals surface area contributed by atoms with E-state index in [1.54, 1.807) is 0 Å². The number of allylic oxidation sites excluding steroid dienone is 2. The Labute approximate surface area is 63.4 Å². The van der Waals surface area contributed by atoms with Gasteiger partial charge in [0.2, 0.25) is 0 Å². The molecule has 0 atom stereocenters. The molecule has 0 heterocycles. The lowest BCUT2D eigenvalue weighted by Gasteiger charge is -2.00. The van der Waals surface area contributed by atoms with Crippen molar-refractivity contribution in [3.8, 4) is 0 Å². The zero-order chi connectivity index (χ0) is 7.82. The highest BCUT2D eigenvalue weighted by Gasteiger charge is 1.82. The normalized spacial score (nSPS) is 10.2. The van der Waals surface area contributed by atoms with E-state index in [4.69, 9.17) is 4.74 Å². The Kier molecular flexibility index (Phi) is 5.94. The SMILES string of the molecule is C=C(C)OCC/C=C\CC. The van der Waals surface area contributed by atoms with Gasteiger partial charge in [-0.15, -0.1) is 0 Å². The van der Waals surface area contributed by atoms with E-state index in [0.29, 0.717) is 0 Å². The lowest BCUT2D eigenvalue weighted by Crippen LogP contribution is -1.88. The summed E-state index contributed by atoms with van der Waals surface area (Å²) in [6, 6.07) is 0. The highest BCUT2D eigenvalue weighted by molar-refractivity contribution is 4.81. The first-order chi connectivity index (χ1) is 4.77. The minimum absolute atomic E-state index is 0.756. The molecular weight excluding hydrogens is 124 g/mol. The molecule has 0 aromatic heterocycles. The van der Waals surface area contributed by atoms with Gasteiger partial charge in [0.05, 0.1) is 12.4 Å². The average Bonchev–Trinajstić information content (AvgIpc) is 1.87. The molecule has 0 aromatic rings. The van der Waals surface area contributed by atoms with Crippen molar-refractivity contribution in [3.05, 3.63) is 24.5 Å². The number of hydrogen-bond acceptors (Lipinski definition) is 1. The third-order valence-corrected chi connectivity index (χ3v) is 1.04. The molecule has 0 saturated carbocycles. The summed E-state index contributed by atoms with van der Waals surface area (Å²) in [7, 11) is 0. The second-order valence-electron chi connectivity index (χ2n) is 2.22. The molecule has 0 spiro atoms. The van der Waals surface area contributed by atoms with Gasteiger partial charge in [-0.25, -0.2) is 0 Å². The second-order valence-corrected chi connectivity index (χ2v) is 2.22. The van der Waals surface area contributed by atoms with Crippen molar-refractivity contribution >= 4 is 0 Å². The number of ether oxygens (including phenoxy) is 1. The zero-order valence-corrected chi connectivity index (χ0v) is 6.89. The molecule has 0 radical (unpaired) electrons. The van der Waals surface area contributed by atoms with E-state index < -0.39 is 0 Å². The molecule has 0 N–H and O–H groups in total. The van der Waals surface area contributed by atoms with E-state index >= 15 is 0 Å². The van der Waals surface area contributed by atoms with Gasteiger partial charge in [0.1, 0.15) is 0 Å². The predicted molar refractivity (Wildman–Crippen MR) is 44.8 cm³/mol. The van der Waals surface area contributed by atoms with Gasteiger partial charge in [0, 0.05) is 0 Å². The Balaban J connectivity index is 3.05. The van der Waals surface area contributed by atoms with Crippen molar-refractivity contribution in [2.24, 2.45) is 0 Å². The fourth-order valence-corrected chi connectivity index (χ4v) is 0.586. The van der Waals surface area contributed by atoms with Crippen molar-refractivity contribution in [2.45, 2.75) is 26.7 Å². The first kappa shape index (κ1) is 9.28. The van der Waals surface area contributed by atoms with Gasteiger partial charge in [-0.1, -0.05) is 25.7 Å². The fourth-order valence-electron chi connectivity index (χ4n) is 0.586. The number of rotatable bonds is 5. The van der Waals surface area contributed by atoms with E-state index in [2.05, 4.69) is 25.7 Å². The molecular formula is C9H16O. The van der Waals surface area contributed by atoms with Gasteiger partial charge < -0.3 is 4.74 Å². The van der Waals surface area contributed by atoms with Gasteiger partial charge in [-0.3, -0.25) is 0 Å². The highest BCUT2D eigenvalue weighted by Crippen LogP contribution is 1.93. The van der Waals surface area contributed by atoms with Crippen LogP contribution in [0.25, 0.3) is 0 Å². The Morgan fingerprint density at radius 2 is 2.20 bits per heavy atom. The van der Waals surface area contributed by atoms with Crippen LogP contribution in [0, 0.1) is 0 Å². The molecule has 0 aliphatic heterocycles. The lowest BCUT2D eigenvalue weighted by molar-refractivity contribution is 0.221. The summed E-state index contributed by atoms with van der Waals surface area (Å²) >= 11 is 0. The molecule has 0 saturated heterocycles. The number of hydrogen-bond donors (Lipinski definition) is 0. The van der Waals surface area contributed by atoms with Crippen LogP contribution in [-0.4, -0.2) is 6.61 Å². The minimum atomic E-state index is 0.756. The monoisotopic (exact) mass is 140 g/mol. The summed E-state index contributed by atoms with van der Waals surface area (Å²) < 4.78 is 5.14. The maximum Gasteiger partial charge on any atom is 0.0911 e. The average molecular weight is 140 g/mol. The summed E-state index contributed by atoms with van der Waals surface area (Å²) in [5, 5.41) is 0. The van der Waals surface area contributed by atoms with E-state index in [9.17, 15) is 0 Å². The molecule has 1 nitrogen and oxygen atoms in total. The van der Waals surface area contributed by atoms with E-state index in [1.807, 2.05) is 6.92 Å². The van der Waals surface area contributed by atoms with Gasteiger partial charge in [-0.05, 0) is 19.8 Å². The molecule has 0 aliphatic carbocycles. The quantitative estimate of drug-likeness (QED) is 0.324. The molecule has 0 amide bonds. The smallest absolute Gasteiger partial charge is 0.0911 e. The third kappa shape index (κ3) is 7.28. The van der Waals surface area contributed by atoms with Gasteiger partial charge in [0.25, 0.3) is 0 Å². The van der Waals surface area contributed by atoms with Crippen LogP contribution < -0.4 is 0 Å². The molecule has 58 valence electrons. The lowest BCUT2D eigenvalue weighted by atomic mass is 10.3. The second kappa shape index (κ2) is 6.40. The van der Waals surface area contributed by atoms with Crippen molar-refractivity contribution < 1.29 is 4.74 Å². The Morgan fingerprint density at radius 1 is 1.50 bits per heavy atom. The summed E-state index contributed by atoms with van der Waals surface area (Å²) in [5.41, 5.74) is 0. The summed E-state index contributed by atoms with van der Waals surface area (Å²) in [5.74, 6) is 0.796. The van der Waals surface area contributed by atoms with Gasteiger partial charge >= 0.3 is 0 Å². The topological polar surface area (TPSA) is 9.23 Å². The van der Waals surface area contributed by atoms with Crippen LogP contribution >= 0.6 is 0 Å². The Morgan fingerprint density at radius 3 is 2.70 bits per heavy atom. The van der Waals surface area contributed by atoms with Crippen molar-refractivity contribution in [1.82, 2.24) is 0 Å². The van der Waals surface area contributed by atoms with E-state index in [-0.39, 0.29) is 0 Å². The van der Waals surface area contributed by atoms with Gasteiger partial charge in [-0.2, -0.15) is 0 Å². The maximum atomic E-state index is 5.14. The molecule has 0 aromatic carbocycles. The van der Waals surface area contributed by atoms with Crippen LogP contribution in [0.15, 0.2) is 24.5 Å². The van der Waals surface area contributed by atoms with Crippen molar-refractivity contribution in [1.29, 1.82) is 0 Å². The molecule has 0 fully saturated rings. The minimum Gasteiger partial charge on any atom is -0.499 e. The van der Waals surface area contributed by atoms with E-state index in [0.717, 1.165) is 25.2 Å². The molecule has 0 unspecified atom stereocenters. The fraction of sp³-hybridized carbons (Fsp3) is 0.556. The maximum absolute atomic E-state index is 5.14. The first-order valence-electron chi connectivity index (χ1n) is 3.70. The standard InChI is InChI=1S/C9H16O/c1-4-5-6-7-8-10-9(2)3/h5-6H,2,4,7-8H2,1,3H3/b6-5-. The van der Waals surface area contributed by atoms with Crippen molar-refractivity contribution in [2.75, 3.05) is 6.61 Å². The van der Waals surface area contributed by atoms with Crippen LogP contribution in [0.4, 0.5) is 0 Å². The Bertz CT molecular complexity index is 114. The third-order valence-electron chi connectivity index (χ3n) is 1.04. The van der Waals surface area contributed by atoms with Gasteiger partial charge in [0.15, 0.2) is 0 Å². The summed E-state index contributed by atoms with van der Waals surface area (Å²) in [6.07, 6.45) is 6.36.